The molecule has 2 fully saturated rings. The number of carbonyl (C=O) groups excluding carboxylic acids is 1. The summed E-state index contributed by atoms with van der Waals surface area (Å²) in [6.45, 7) is 3.68. The van der Waals surface area contributed by atoms with E-state index in [9.17, 15) is 9.18 Å². The van der Waals surface area contributed by atoms with Gasteiger partial charge in [-0.1, -0.05) is 6.07 Å². The molecular formula is C21H29B2FN6O. The number of carbonyl (C=O) groups is 1. The van der Waals surface area contributed by atoms with E-state index in [1.807, 2.05) is 12.1 Å². The molecule has 0 spiro atoms. The molecule has 162 valence electrons. The van der Waals surface area contributed by atoms with E-state index in [-0.39, 0.29) is 17.3 Å². The lowest BCUT2D eigenvalue weighted by atomic mass is 9.59. The van der Waals surface area contributed by atoms with Gasteiger partial charge in [0.1, 0.15) is 33.4 Å². The van der Waals surface area contributed by atoms with Gasteiger partial charge in [-0.3, -0.25) is 14.7 Å². The van der Waals surface area contributed by atoms with Gasteiger partial charge < -0.3 is 15.5 Å². The molecule has 1 amide bonds. The quantitative estimate of drug-likeness (QED) is 0.669. The van der Waals surface area contributed by atoms with E-state index >= 15 is 0 Å². The maximum atomic E-state index is 14.5. The minimum Gasteiger partial charge on any atom is -0.366 e. The molecule has 2 unspecified atom stereocenters. The van der Waals surface area contributed by atoms with Crippen LogP contribution in [0.4, 0.5) is 15.9 Å². The van der Waals surface area contributed by atoms with Gasteiger partial charge in [0.2, 0.25) is 0 Å². The van der Waals surface area contributed by atoms with Gasteiger partial charge in [-0.05, 0) is 55.5 Å². The van der Waals surface area contributed by atoms with Crippen molar-refractivity contribution in [3.05, 3.63) is 48.4 Å². The van der Waals surface area contributed by atoms with Crippen LogP contribution in [0.25, 0.3) is 0 Å². The van der Waals surface area contributed by atoms with Crippen LogP contribution < -0.4 is 15.5 Å². The van der Waals surface area contributed by atoms with Crippen LogP contribution in [-0.2, 0) is 0 Å². The van der Waals surface area contributed by atoms with E-state index < -0.39 is 6.17 Å². The molecule has 7 nitrogen and oxygen atoms in total. The molecule has 0 aliphatic carbocycles. The second-order valence-electron chi connectivity index (χ2n) is 8.90. The molecule has 0 radical (unpaired) electrons. The smallest absolute Gasteiger partial charge is 0.274 e. The summed E-state index contributed by atoms with van der Waals surface area (Å²) in [5.41, 5.74) is 1.05. The van der Waals surface area contributed by atoms with Crippen molar-refractivity contribution >= 4 is 33.1 Å². The lowest BCUT2D eigenvalue weighted by Gasteiger charge is -2.38. The molecule has 2 aromatic rings. The van der Waals surface area contributed by atoms with E-state index in [0.29, 0.717) is 17.9 Å². The Kier molecular flexibility index (Phi) is 6.57. The van der Waals surface area contributed by atoms with E-state index in [4.69, 9.17) is 0 Å². The number of nitrogens with one attached hydrogen (secondary N) is 2. The number of amides is 1. The highest BCUT2D eigenvalue weighted by Gasteiger charge is 2.36. The van der Waals surface area contributed by atoms with Gasteiger partial charge in [0.25, 0.3) is 5.91 Å². The fourth-order valence-electron chi connectivity index (χ4n) is 4.50. The largest absolute Gasteiger partial charge is 0.366 e. The molecule has 31 heavy (non-hydrogen) atoms. The summed E-state index contributed by atoms with van der Waals surface area (Å²) in [7, 11) is 4.38. The Bertz CT molecular complexity index is 902. The molecular weight excluding hydrogens is 393 g/mol. The van der Waals surface area contributed by atoms with Crippen molar-refractivity contribution < 1.29 is 9.18 Å². The number of nitrogens with zero attached hydrogens (tertiary/aromatic N) is 4. The zero-order valence-corrected chi connectivity index (χ0v) is 18.2. The molecule has 2 aliphatic rings. The van der Waals surface area contributed by atoms with Crippen molar-refractivity contribution in [1.82, 2.24) is 20.2 Å². The number of hydrogen-bond donors (Lipinski definition) is 2. The summed E-state index contributed by atoms with van der Waals surface area (Å²) in [6, 6.07) is 9.00. The van der Waals surface area contributed by atoms with Crippen molar-refractivity contribution in [2.24, 2.45) is 0 Å². The Morgan fingerprint density at radius 2 is 2.00 bits per heavy atom. The van der Waals surface area contributed by atoms with Gasteiger partial charge in [0, 0.05) is 43.8 Å². The van der Waals surface area contributed by atoms with Gasteiger partial charge in [0.15, 0.2) is 0 Å². The minimum absolute atomic E-state index is 0.0255. The third-order valence-electron chi connectivity index (χ3n) is 6.38. The highest BCUT2D eigenvalue weighted by atomic mass is 19.1. The zero-order chi connectivity index (χ0) is 21.8. The van der Waals surface area contributed by atoms with Crippen LogP contribution in [0.1, 0.15) is 23.3 Å². The predicted octanol–water partition coefficient (Wildman–Crippen LogP) is -0.139. The standard InChI is InChI=1S/C21H29B2FN6O/c22-21(23)7-11-29(18-6-10-26-14-16(18)24)12-13-30(21)19-3-1-2-17(28-19)20(31)27-15-4-8-25-9-5-15/h1-5,8-9,16,18,26H,6-7,10-14,22-23H2,(H,25,27,31). The molecule has 2 aromatic heterocycles. The maximum Gasteiger partial charge on any atom is 0.274 e. The molecule has 4 heterocycles. The number of hydrogen-bond acceptors (Lipinski definition) is 6. The first-order chi connectivity index (χ1) is 14.9. The number of pyridine rings is 2. The van der Waals surface area contributed by atoms with Crippen LogP contribution in [-0.4, -0.2) is 86.7 Å². The average Bonchev–Trinajstić information content (AvgIpc) is 2.93. The normalized spacial score (nSPS) is 24.4. The topological polar surface area (TPSA) is 73.4 Å². The Labute approximate surface area is 184 Å². The Hall–Kier alpha value is -2.45. The summed E-state index contributed by atoms with van der Waals surface area (Å²) >= 11 is 0. The highest BCUT2D eigenvalue weighted by Crippen LogP contribution is 2.26. The van der Waals surface area contributed by atoms with Gasteiger partial charge in [0.05, 0.1) is 0 Å². The van der Waals surface area contributed by atoms with Crippen molar-refractivity contribution in [2.45, 2.75) is 30.4 Å². The third kappa shape index (κ3) is 5.07. The molecule has 0 aromatic carbocycles. The number of piperidine rings is 1. The summed E-state index contributed by atoms with van der Waals surface area (Å²) in [6.07, 6.45) is 4.18. The monoisotopic (exact) mass is 422 g/mol. The van der Waals surface area contributed by atoms with Crippen molar-refractivity contribution in [3.8, 4) is 0 Å². The van der Waals surface area contributed by atoms with Gasteiger partial charge in [-0.2, -0.15) is 0 Å². The number of anilines is 2. The summed E-state index contributed by atoms with van der Waals surface area (Å²) < 4.78 is 14.5. The van der Waals surface area contributed by atoms with E-state index in [1.165, 1.54) is 0 Å². The first kappa shape index (κ1) is 21.8. The predicted molar refractivity (Wildman–Crippen MR) is 126 cm³/mol. The van der Waals surface area contributed by atoms with Crippen LogP contribution in [0.15, 0.2) is 42.7 Å². The average molecular weight is 422 g/mol. The third-order valence-corrected chi connectivity index (χ3v) is 6.38. The molecule has 2 aliphatic heterocycles. The van der Waals surface area contributed by atoms with E-state index in [1.54, 1.807) is 30.6 Å². The Balaban J connectivity index is 1.50. The van der Waals surface area contributed by atoms with Crippen molar-refractivity contribution in [1.29, 1.82) is 0 Å². The molecule has 10 heteroatoms. The number of rotatable bonds is 4. The second-order valence-corrected chi connectivity index (χ2v) is 8.90. The lowest BCUT2D eigenvalue weighted by Crippen LogP contribution is -2.52. The zero-order valence-electron chi connectivity index (χ0n) is 18.2. The molecule has 2 atom stereocenters. The molecule has 0 saturated carbocycles. The van der Waals surface area contributed by atoms with Gasteiger partial charge in [-0.25, -0.2) is 9.37 Å². The number of aromatic nitrogens is 2. The molecule has 2 N–H and O–H groups in total. The van der Waals surface area contributed by atoms with E-state index in [0.717, 1.165) is 44.8 Å². The fourth-order valence-corrected chi connectivity index (χ4v) is 4.50. The Morgan fingerprint density at radius 1 is 1.19 bits per heavy atom. The Morgan fingerprint density at radius 3 is 2.77 bits per heavy atom. The number of halogens is 1. The highest BCUT2D eigenvalue weighted by molar-refractivity contribution is 6.41. The second kappa shape index (κ2) is 9.36. The van der Waals surface area contributed by atoms with Crippen LogP contribution in [0.2, 0.25) is 0 Å². The van der Waals surface area contributed by atoms with Gasteiger partial charge >= 0.3 is 0 Å². The van der Waals surface area contributed by atoms with Crippen LogP contribution in [0, 0.1) is 0 Å². The van der Waals surface area contributed by atoms with Crippen LogP contribution in [0.3, 0.4) is 0 Å². The fraction of sp³-hybridized carbons (Fsp3) is 0.476. The van der Waals surface area contributed by atoms with Crippen molar-refractivity contribution in [2.75, 3.05) is 42.9 Å². The minimum atomic E-state index is -0.832. The molecule has 0 bridgehead atoms. The van der Waals surface area contributed by atoms with E-state index in [2.05, 4.69) is 46.1 Å². The van der Waals surface area contributed by atoms with Crippen LogP contribution in [0.5, 0.6) is 0 Å². The van der Waals surface area contributed by atoms with Crippen LogP contribution >= 0.6 is 0 Å². The molecule has 4 rings (SSSR count). The first-order valence-electron chi connectivity index (χ1n) is 11.0. The SMILES string of the molecule is BC1(B)CCN(C2CCNCC2F)CCN1c1cccc(C(=O)Nc2ccncc2)n1. The summed E-state index contributed by atoms with van der Waals surface area (Å²) in [5.74, 6) is 0.522. The first-order valence-corrected chi connectivity index (χ1v) is 11.0. The molecule has 2 saturated heterocycles. The lowest BCUT2D eigenvalue weighted by molar-refractivity contribution is 0.0895. The number of alkyl halides is 1. The summed E-state index contributed by atoms with van der Waals surface area (Å²) in [5, 5.41) is 5.85. The van der Waals surface area contributed by atoms with Gasteiger partial charge in [-0.15, -0.1) is 0 Å². The maximum absolute atomic E-state index is 14.5. The van der Waals surface area contributed by atoms with Crippen molar-refractivity contribution in [3.63, 3.8) is 0 Å². The summed E-state index contributed by atoms with van der Waals surface area (Å²) in [4.78, 5) is 25.9.